The second-order valence-electron chi connectivity index (χ2n) is 7.04. The van der Waals surface area contributed by atoms with Crippen LogP contribution in [0, 0.1) is 5.92 Å². The lowest BCUT2D eigenvalue weighted by Gasteiger charge is -2.20. The Bertz CT molecular complexity index is 865. The molecular weight excluding hydrogens is 368 g/mol. The molecule has 1 unspecified atom stereocenters. The predicted molar refractivity (Wildman–Crippen MR) is 114 cm³/mol. The number of hydrogen-bond donors (Lipinski definition) is 1. The molecule has 6 heteroatoms. The lowest BCUT2D eigenvalue weighted by molar-refractivity contribution is -0.121. The summed E-state index contributed by atoms with van der Waals surface area (Å²) in [4.78, 5) is 16.8. The zero-order valence-corrected chi connectivity index (χ0v) is 17.1. The Morgan fingerprint density at radius 3 is 2.46 bits per heavy atom. The Hall–Kier alpha value is -2.60. The molecule has 0 aliphatic carbocycles. The molecule has 0 aliphatic heterocycles. The van der Waals surface area contributed by atoms with Gasteiger partial charge in [0, 0.05) is 12.3 Å². The van der Waals surface area contributed by atoms with Gasteiger partial charge in [-0.05, 0) is 22.6 Å². The van der Waals surface area contributed by atoms with Crippen LogP contribution in [-0.4, -0.2) is 25.9 Å². The minimum Gasteiger partial charge on any atom is -0.351 e. The number of carbonyl (C=O) groups is 1. The fourth-order valence-electron chi connectivity index (χ4n) is 2.99. The molecule has 3 aromatic rings. The SMILES string of the molecule is CC(C)C(SCc1ccccc1)C(=O)NCc1ccccc1Cn1cncn1. The van der Waals surface area contributed by atoms with Crippen LogP contribution in [0.15, 0.2) is 67.3 Å². The van der Waals surface area contributed by atoms with Gasteiger partial charge in [0.25, 0.3) is 0 Å². The molecule has 5 nitrogen and oxygen atoms in total. The predicted octanol–water partition coefficient (Wildman–Crippen LogP) is 3.90. The molecule has 1 amide bonds. The number of nitrogens with one attached hydrogen (secondary N) is 1. The zero-order valence-electron chi connectivity index (χ0n) is 16.3. The van der Waals surface area contributed by atoms with E-state index in [0.717, 1.165) is 16.9 Å². The third-order valence-corrected chi connectivity index (χ3v) is 6.12. The molecule has 0 saturated carbocycles. The van der Waals surface area contributed by atoms with Crippen molar-refractivity contribution in [3.8, 4) is 0 Å². The fraction of sp³-hybridized carbons (Fsp3) is 0.318. The lowest BCUT2D eigenvalue weighted by Crippen LogP contribution is -2.35. The van der Waals surface area contributed by atoms with Crippen molar-refractivity contribution in [2.24, 2.45) is 5.92 Å². The second-order valence-corrected chi connectivity index (χ2v) is 8.17. The topological polar surface area (TPSA) is 59.8 Å². The van der Waals surface area contributed by atoms with Crippen molar-refractivity contribution < 1.29 is 4.79 Å². The van der Waals surface area contributed by atoms with Crippen molar-refractivity contribution in [3.63, 3.8) is 0 Å². The maximum absolute atomic E-state index is 12.8. The summed E-state index contributed by atoms with van der Waals surface area (Å²) < 4.78 is 1.79. The number of benzene rings is 2. The van der Waals surface area contributed by atoms with E-state index in [0.29, 0.717) is 13.1 Å². The first-order chi connectivity index (χ1) is 13.6. The van der Waals surface area contributed by atoms with Gasteiger partial charge in [0.15, 0.2) is 0 Å². The molecule has 28 heavy (non-hydrogen) atoms. The van der Waals surface area contributed by atoms with Crippen LogP contribution in [0.25, 0.3) is 0 Å². The maximum atomic E-state index is 12.8. The number of nitrogens with zero attached hydrogens (tertiary/aromatic N) is 3. The number of aromatic nitrogens is 3. The van der Waals surface area contributed by atoms with Crippen molar-refractivity contribution in [2.75, 3.05) is 0 Å². The highest BCUT2D eigenvalue weighted by Crippen LogP contribution is 2.24. The molecule has 0 aliphatic rings. The van der Waals surface area contributed by atoms with Crippen LogP contribution in [0.4, 0.5) is 0 Å². The molecule has 2 aromatic carbocycles. The standard InChI is InChI=1S/C22H26N4OS/c1-17(2)21(28-14-18-8-4-3-5-9-18)22(27)24-12-19-10-6-7-11-20(19)13-26-16-23-15-25-26/h3-11,15-17,21H,12-14H2,1-2H3,(H,24,27). The van der Waals surface area contributed by atoms with Crippen molar-refractivity contribution in [1.82, 2.24) is 20.1 Å². The Labute approximate surface area is 170 Å². The molecule has 146 valence electrons. The van der Waals surface area contributed by atoms with E-state index in [-0.39, 0.29) is 17.1 Å². The summed E-state index contributed by atoms with van der Waals surface area (Å²) in [5.74, 6) is 1.19. The smallest absolute Gasteiger partial charge is 0.233 e. The Balaban J connectivity index is 1.60. The van der Waals surface area contributed by atoms with Gasteiger partial charge in [-0.25, -0.2) is 9.67 Å². The summed E-state index contributed by atoms with van der Waals surface area (Å²) in [5.41, 5.74) is 3.47. The van der Waals surface area contributed by atoms with Crippen molar-refractivity contribution >= 4 is 17.7 Å². The molecular formula is C22H26N4OS. The van der Waals surface area contributed by atoms with Crippen LogP contribution < -0.4 is 5.32 Å². The van der Waals surface area contributed by atoms with Crippen molar-refractivity contribution in [3.05, 3.63) is 83.9 Å². The normalized spacial score (nSPS) is 12.1. The quantitative estimate of drug-likeness (QED) is 0.598. The minimum absolute atomic E-state index is 0.0808. The molecule has 0 fully saturated rings. The third-order valence-electron chi connectivity index (χ3n) is 4.51. The number of carbonyl (C=O) groups excluding carboxylic acids is 1. The van der Waals surface area contributed by atoms with Gasteiger partial charge in [-0.15, -0.1) is 11.8 Å². The summed E-state index contributed by atoms with van der Waals surface area (Å²) in [6, 6.07) is 18.4. The fourth-order valence-corrected chi connectivity index (χ4v) is 4.17. The molecule has 1 aromatic heterocycles. The Morgan fingerprint density at radius 1 is 1.07 bits per heavy atom. The first kappa shape index (κ1) is 20.1. The van der Waals surface area contributed by atoms with Crippen LogP contribution in [-0.2, 0) is 23.6 Å². The molecule has 0 spiro atoms. The van der Waals surface area contributed by atoms with E-state index in [1.807, 2.05) is 36.4 Å². The third kappa shape index (κ3) is 5.70. The summed E-state index contributed by atoms with van der Waals surface area (Å²) in [7, 11) is 0. The van der Waals surface area contributed by atoms with E-state index >= 15 is 0 Å². The maximum Gasteiger partial charge on any atom is 0.233 e. The van der Waals surface area contributed by atoms with Crippen LogP contribution in [0.2, 0.25) is 0 Å². The molecule has 1 N–H and O–H groups in total. The van der Waals surface area contributed by atoms with E-state index in [1.54, 1.807) is 22.8 Å². The highest BCUT2D eigenvalue weighted by molar-refractivity contribution is 7.99. The van der Waals surface area contributed by atoms with Gasteiger partial charge in [-0.1, -0.05) is 68.4 Å². The van der Waals surface area contributed by atoms with Gasteiger partial charge < -0.3 is 5.32 Å². The average Bonchev–Trinajstić information content (AvgIpc) is 3.21. The molecule has 0 radical (unpaired) electrons. The van der Waals surface area contributed by atoms with Gasteiger partial charge in [-0.3, -0.25) is 4.79 Å². The number of amides is 1. The lowest BCUT2D eigenvalue weighted by atomic mass is 10.1. The van der Waals surface area contributed by atoms with E-state index < -0.39 is 0 Å². The summed E-state index contributed by atoms with van der Waals surface area (Å²) in [6.45, 7) is 5.35. The average molecular weight is 395 g/mol. The molecule has 1 heterocycles. The number of thioether (sulfide) groups is 1. The highest BCUT2D eigenvalue weighted by atomic mass is 32.2. The van der Waals surface area contributed by atoms with Gasteiger partial charge in [0.05, 0.1) is 11.8 Å². The van der Waals surface area contributed by atoms with Gasteiger partial charge in [0.2, 0.25) is 5.91 Å². The zero-order chi connectivity index (χ0) is 19.8. The summed E-state index contributed by atoms with van der Waals surface area (Å²) >= 11 is 1.70. The van der Waals surface area contributed by atoms with Crippen molar-refractivity contribution in [1.29, 1.82) is 0 Å². The Morgan fingerprint density at radius 2 is 1.79 bits per heavy atom. The second kappa shape index (κ2) is 10.1. The number of hydrogen-bond acceptors (Lipinski definition) is 4. The number of rotatable bonds is 9. The van der Waals surface area contributed by atoms with Gasteiger partial charge in [-0.2, -0.15) is 5.10 Å². The monoisotopic (exact) mass is 394 g/mol. The van der Waals surface area contributed by atoms with E-state index in [9.17, 15) is 4.79 Å². The molecule has 0 bridgehead atoms. The largest absolute Gasteiger partial charge is 0.351 e. The molecule has 0 saturated heterocycles. The minimum atomic E-state index is -0.0808. The van der Waals surface area contributed by atoms with Crippen LogP contribution >= 0.6 is 11.8 Å². The van der Waals surface area contributed by atoms with E-state index in [4.69, 9.17) is 0 Å². The first-order valence-corrected chi connectivity index (χ1v) is 10.5. The van der Waals surface area contributed by atoms with Crippen LogP contribution in [0.1, 0.15) is 30.5 Å². The van der Waals surface area contributed by atoms with E-state index in [2.05, 4.69) is 47.4 Å². The van der Waals surface area contributed by atoms with E-state index in [1.165, 1.54) is 11.9 Å². The van der Waals surface area contributed by atoms with Crippen molar-refractivity contribution in [2.45, 2.75) is 37.9 Å². The van der Waals surface area contributed by atoms with Crippen LogP contribution in [0.5, 0.6) is 0 Å². The molecule has 1 atom stereocenters. The van der Waals surface area contributed by atoms with Gasteiger partial charge >= 0.3 is 0 Å². The summed E-state index contributed by atoms with van der Waals surface area (Å²) in [6.07, 6.45) is 3.23. The van der Waals surface area contributed by atoms with Crippen LogP contribution in [0.3, 0.4) is 0 Å². The highest BCUT2D eigenvalue weighted by Gasteiger charge is 2.22. The van der Waals surface area contributed by atoms with Gasteiger partial charge in [0.1, 0.15) is 12.7 Å². The first-order valence-electron chi connectivity index (χ1n) is 9.46. The Kier molecular flexibility index (Phi) is 7.25. The molecule has 3 rings (SSSR count). The summed E-state index contributed by atoms with van der Waals surface area (Å²) in [5, 5.41) is 7.22.